The molecule has 0 aliphatic heterocycles. The zero-order chi connectivity index (χ0) is 14.7. The van der Waals surface area contributed by atoms with Crippen molar-refractivity contribution < 1.29 is 14.8 Å². The first-order valence-electron chi connectivity index (χ1n) is 5.67. The van der Waals surface area contributed by atoms with Crippen LogP contribution in [0.25, 0.3) is 0 Å². The summed E-state index contributed by atoms with van der Waals surface area (Å²) in [6.45, 7) is 1.74. The van der Waals surface area contributed by atoms with E-state index in [1.807, 2.05) is 0 Å². The van der Waals surface area contributed by atoms with Crippen LogP contribution in [0.2, 0.25) is 0 Å². The van der Waals surface area contributed by atoms with Gasteiger partial charge in [0.25, 0.3) is 5.69 Å². The lowest BCUT2D eigenvalue weighted by Gasteiger charge is -2.12. The van der Waals surface area contributed by atoms with Gasteiger partial charge in [-0.25, -0.2) is 4.98 Å². The third-order valence-corrected chi connectivity index (χ3v) is 2.71. The molecule has 1 aromatic carbocycles. The van der Waals surface area contributed by atoms with Gasteiger partial charge in [-0.15, -0.1) is 0 Å². The molecule has 0 saturated heterocycles. The summed E-state index contributed by atoms with van der Waals surface area (Å²) in [6, 6.07) is 7.08. The Kier molecular flexibility index (Phi) is 3.60. The molecule has 0 aliphatic carbocycles. The zero-order valence-corrected chi connectivity index (χ0v) is 10.5. The second-order valence-electron chi connectivity index (χ2n) is 4.07. The van der Waals surface area contributed by atoms with Crippen LogP contribution >= 0.6 is 0 Å². The molecule has 0 aliphatic rings. The molecule has 1 N–H and O–H groups in total. The van der Waals surface area contributed by atoms with E-state index in [1.165, 1.54) is 30.5 Å². The number of rotatable bonds is 4. The van der Waals surface area contributed by atoms with E-state index in [2.05, 4.69) is 10.3 Å². The van der Waals surface area contributed by atoms with Crippen LogP contribution in [0.15, 0.2) is 36.5 Å². The van der Waals surface area contributed by atoms with Gasteiger partial charge in [-0.3, -0.25) is 10.1 Å². The topological polar surface area (TPSA) is 108 Å². The number of nitrogens with zero attached hydrogens (tertiary/aromatic N) is 2. The molecule has 0 fully saturated rings. The highest BCUT2D eigenvalue weighted by molar-refractivity contribution is 5.92. The van der Waals surface area contributed by atoms with Crippen molar-refractivity contribution >= 4 is 23.2 Å². The number of non-ortho nitro benzene ring substituents is 1. The van der Waals surface area contributed by atoms with Crippen molar-refractivity contribution in [2.45, 2.75) is 6.92 Å². The van der Waals surface area contributed by atoms with E-state index in [0.29, 0.717) is 5.69 Å². The number of hydrogen-bond acceptors (Lipinski definition) is 6. The van der Waals surface area contributed by atoms with Crippen molar-refractivity contribution in [3.63, 3.8) is 0 Å². The van der Waals surface area contributed by atoms with E-state index >= 15 is 0 Å². The Hall–Kier alpha value is -2.96. The number of carboxylic acids is 1. The number of hydrogen-bond donors (Lipinski definition) is 1. The maximum atomic E-state index is 11.0. The van der Waals surface area contributed by atoms with Crippen LogP contribution in [-0.4, -0.2) is 15.9 Å². The molecule has 0 atom stereocenters. The van der Waals surface area contributed by atoms with E-state index in [9.17, 15) is 20.0 Å². The third kappa shape index (κ3) is 2.72. The van der Waals surface area contributed by atoms with E-state index in [1.54, 1.807) is 13.0 Å². The van der Waals surface area contributed by atoms with E-state index in [4.69, 9.17) is 0 Å². The molecule has 102 valence electrons. The summed E-state index contributed by atoms with van der Waals surface area (Å²) in [6.07, 6.45) is 1.42. The molecular formula is C13H10N3O4-. The van der Waals surface area contributed by atoms with Crippen LogP contribution in [0, 0.1) is 17.0 Å². The second-order valence-corrected chi connectivity index (χ2v) is 4.07. The molecule has 7 heteroatoms. The number of benzene rings is 1. The lowest BCUT2D eigenvalue weighted by Crippen LogP contribution is -2.23. The van der Waals surface area contributed by atoms with Gasteiger partial charge in [0, 0.05) is 29.6 Å². The first-order valence-corrected chi connectivity index (χ1v) is 5.67. The fourth-order valence-electron chi connectivity index (χ4n) is 1.66. The Bertz CT molecular complexity index is 685. The van der Waals surface area contributed by atoms with Gasteiger partial charge in [0.05, 0.1) is 10.9 Å². The van der Waals surface area contributed by atoms with E-state index in [0.717, 1.165) is 5.56 Å². The molecule has 20 heavy (non-hydrogen) atoms. The average Bonchev–Trinajstić information content (AvgIpc) is 2.41. The van der Waals surface area contributed by atoms with Crippen LogP contribution in [0.5, 0.6) is 0 Å². The molecule has 7 nitrogen and oxygen atoms in total. The number of aromatic nitrogens is 1. The van der Waals surface area contributed by atoms with Crippen LogP contribution in [0.3, 0.4) is 0 Å². The maximum Gasteiger partial charge on any atom is 0.271 e. The number of carboxylic acid groups (broad SMARTS) is 1. The molecular weight excluding hydrogens is 262 g/mol. The standard InChI is InChI=1S/C13H11N3O4/c1-8-4-5-9(16(19)20)7-11(8)15-12-10(13(17)18)3-2-6-14-12/h2-7H,1H3,(H,14,15)(H,17,18)/p-1. The van der Waals surface area contributed by atoms with Crippen molar-refractivity contribution in [2.75, 3.05) is 5.32 Å². The van der Waals surface area contributed by atoms with Crippen LogP contribution in [0.1, 0.15) is 15.9 Å². The van der Waals surface area contributed by atoms with Gasteiger partial charge >= 0.3 is 0 Å². The largest absolute Gasteiger partial charge is 0.545 e. The predicted molar refractivity (Wildman–Crippen MR) is 69.7 cm³/mol. The second kappa shape index (κ2) is 5.35. The quantitative estimate of drug-likeness (QED) is 0.665. The molecule has 0 saturated carbocycles. The van der Waals surface area contributed by atoms with Gasteiger partial charge in [0.1, 0.15) is 5.82 Å². The minimum atomic E-state index is -1.37. The molecule has 0 unspecified atom stereocenters. The van der Waals surface area contributed by atoms with Crippen LogP contribution in [0.4, 0.5) is 17.2 Å². The van der Waals surface area contributed by atoms with Gasteiger partial charge in [0.2, 0.25) is 0 Å². The van der Waals surface area contributed by atoms with Crippen LogP contribution < -0.4 is 10.4 Å². The molecule has 1 aromatic heterocycles. The number of aromatic carboxylic acids is 1. The molecule has 0 bridgehead atoms. The number of pyridine rings is 1. The number of anilines is 2. The Balaban J connectivity index is 2.42. The zero-order valence-electron chi connectivity index (χ0n) is 10.5. The summed E-state index contributed by atoms with van der Waals surface area (Å²) >= 11 is 0. The number of nitro benzene ring substituents is 1. The lowest BCUT2D eigenvalue weighted by molar-refractivity contribution is -0.384. The summed E-state index contributed by atoms with van der Waals surface area (Å²) in [7, 11) is 0. The molecule has 0 radical (unpaired) electrons. The van der Waals surface area contributed by atoms with Crippen molar-refractivity contribution in [3.05, 3.63) is 57.8 Å². The third-order valence-electron chi connectivity index (χ3n) is 2.71. The average molecular weight is 272 g/mol. The number of aryl methyl sites for hydroxylation is 1. The normalized spacial score (nSPS) is 10.1. The first kappa shape index (κ1) is 13.5. The van der Waals surface area contributed by atoms with E-state index < -0.39 is 10.9 Å². The Morgan fingerprint density at radius 1 is 1.35 bits per heavy atom. The summed E-state index contributed by atoms with van der Waals surface area (Å²) < 4.78 is 0. The first-order chi connectivity index (χ1) is 9.49. The lowest BCUT2D eigenvalue weighted by atomic mass is 10.1. The number of carbonyl (C=O) groups is 1. The highest BCUT2D eigenvalue weighted by Gasteiger charge is 2.11. The van der Waals surface area contributed by atoms with Gasteiger partial charge in [-0.05, 0) is 24.6 Å². The highest BCUT2D eigenvalue weighted by Crippen LogP contribution is 2.25. The monoisotopic (exact) mass is 272 g/mol. The van der Waals surface area contributed by atoms with Crippen molar-refractivity contribution in [1.82, 2.24) is 4.98 Å². The SMILES string of the molecule is Cc1ccc([N+](=O)[O-])cc1Nc1ncccc1C(=O)[O-]. The van der Waals surface area contributed by atoms with Gasteiger partial charge in [-0.1, -0.05) is 6.07 Å². The molecule has 2 rings (SSSR count). The minimum absolute atomic E-state index is 0.0797. The van der Waals surface area contributed by atoms with Crippen molar-refractivity contribution in [1.29, 1.82) is 0 Å². The summed E-state index contributed by atoms with van der Waals surface area (Å²) in [5.41, 5.74) is 0.938. The maximum absolute atomic E-state index is 11.0. The van der Waals surface area contributed by atoms with Crippen molar-refractivity contribution in [2.24, 2.45) is 0 Å². The molecule has 1 heterocycles. The molecule has 0 amide bonds. The number of nitrogens with one attached hydrogen (secondary N) is 1. The van der Waals surface area contributed by atoms with Crippen LogP contribution in [-0.2, 0) is 0 Å². The molecule has 2 aromatic rings. The van der Waals surface area contributed by atoms with Crippen molar-refractivity contribution in [3.8, 4) is 0 Å². The summed E-state index contributed by atoms with van der Waals surface area (Å²) in [4.78, 5) is 25.1. The Labute approximate surface area is 114 Å². The van der Waals surface area contributed by atoms with E-state index in [-0.39, 0.29) is 17.1 Å². The number of carbonyl (C=O) groups excluding carboxylic acids is 1. The smallest absolute Gasteiger partial charge is 0.271 e. The number of nitro groups is 1. The Morgan fingerprint density at radius 3 is 2.75 bits per heavy atom. The van der Waals surface area contributed by atoms with Gasteiger partial charge in [-0.2, -0.15) is 0 Å². The predicted octanol–water partition coefficient (Wildman–Crippen LogP) is 1.41. The molecule has 0 spiro atoms. The minimum Gasteiger partial charge on any atom is -0.545 e. The van der Waals surface area contributed by atoms with Gasteiger partial charge < -0.3 is 15.2 Å². The fourth-order valence-corrected chi connectivity index (χ4v) is 1.66. The van der Waals surface area contributed by atoms with Gasteiger partial charge in [0.15, 0.2) is 0 Å². The summed E-state index contributed by atoms with van der Waals surface area (Å²) in [5, 5.41) is 24.5. The Morgan fingerprint density at radius 2 is 2.10 bits per heavy atom. The summed E-state index contributed by atoms with van der Waals surface area (Å²) in [5.74, 6) is -1.29. The fraction of sp³-hybridized carbons (Fsp3) is 0.0769. The highest BCUT2D eigenvalue weighted by atomic mass is 16.6.